The third kappa shape index (κ3) is 5.94. The molecular formula is C22H25ClFN3OS2. The van der Waals surface area contributed by atoms with Crippen LogP contribution in [0.3, 0.4) is 0 Å². The van der Waals surface area contributed by atoms with Crippen molar-refractivity contribution in [3.63, 3.8) is 0 Å². The fourth-order valence-corrected chi connectivity index (χ4v) is 5.06. The molecule has 0 radical (unpaired) electrons. The van der Waals surface area contributed by atoms with Crippen molar-refractivity contribution in [2.75, 3.05) is 37.8 Å². The van der Waals surface area contributed by atoms with Crippen LogP contribution < -0.4 is 4.90 Å². The number of carbonyl (C=O) groups excluding carboxylic acids is 1. The summed E-state index contributed by atoms with van der Waals surface area (Å²) in [6.45, 7) is 3.46. The molecule has 3 aromatic rings. The summed E-state index contributed by atoms with van der Waals surface area (Å²) in [6.07, 6.45) is 1.25. The minimum absolute atomic E-state index is 0.0474. The van der Waals surface area contributed by atoms with Gasteiger partial charge in [-0.3, -0.25) is 9.69 Å². The van der Waals surface area contributed by atoms with E-state index in [2.05, 4.69) is 4.90 Å². The van der Waals surface area contributed by atoms with E-state index in [9.17, 15) is 9.18 Å². The zero-order valence-electron chi connectivity index (χ0n) is 17.3. The van der Waals surface area contributed by atoms with E-state index in [1.54, 1.807) is 28.8 Å². The number of carbonyl (C=O) groups is 1. The molecule has 0 bridgehead atoms. The Morgan fingerprint density at radius 2 is 1.90 bits per heavy atom. The van der Waals surface area contributed by atoms with Crippen molar-refractivity contribution in [3.8, 4) is 0 Å². The fourth-order valence-electron chi connectivity index (χ4n) is 3.00. The first-order valence-corrected chi connectivity index (χ1v) is 11.9. The SMILES string of the molecule is Cc1c(Cl)ccc2sc(N(CCCN(C)C)C(=O)CCSc3ccc(F)cc3)nc12. The van der Waals surface area contributed by atoms with Gasteiger partial charge in [0, 0.05) is 28.6 Å². The molecule has 0 spiro atoms. The van der Waals surface area contributed by atoms with E-state index in [-0.39, 0.29) is 11.7 Å². The van der Waals surface area contributed by atoms with Crippen LogP contribution in [-0.4, -0.2) is 48.7 Å². The molecular weight excluding hydrogens is 441 g/mol. The number of anilines is 1. The zero-order chi connectivity index (χ0) is 21.7. The standard InChI is InChI=1S/C22H25ClFN3OS2/c1-15-18(23)9-10-19-21(15)25-22(30-19)27(13-4-12-26(2)3)20(28)11-14-29-17-7-5-16(24)6-8-17/h5-10H,4,11-14H2,1-3H3. The summed E-state index contributed by atoms with van der Waals surface area (Å²) in [7, 11) is 4.04. The van der Waals surface area contributed by atoms with Gasteiger partial charge in [-0.2, -0.15) is 0 Å². The molecule has 0 aliphatic carbocycles. The van der Waals surface area contributed by atoms with Crippen LogP contribution in [0.1, 0.15) is 18.4 Å². The summed E-state index contributed by atoms with van der Waals surface area (Å²) in [5.41, 5.74) is 1.79. The minimum atomic E-state index is -0.256. The molecule has 160 valence electrons. The highest BCUT2D eigenvalue weighted by atomic mass is 35.5. The number of halogens is 2. The lowest BCUT2D eigenvalue weighted by Crippen LogP contribution is -2.33. The van der Waals surface area contributed by atoms with Gasteiger partial charge in [-0.15, -0.1) is 11.8 Å². The molecule has 0 fully saturated rings. The highest BCUT2D eigenvalue weighted by Gasteiger charge is 2.20. The zero-order valence-corrected chi connectivity index (χ0v) is 19.7. The summed E-state index contributed by atoms with van der Waals surface area (Å²) in [5.74, 6) is 0.421. The van der Waals surface area contributed by atoms with Gasteiger partial charge < -0.3 is 4.90 Å². The van der Waals surface area contributed by atoms with Gasteiger partial charge in [-0.05, 0) is 75.9 Å². The van der Waals surface area contributed by atoms with Gasteiger partial charge in [0.2, 0.25) is 5.91 Å². The second-order valence-corrected chi connectivity index (χ2v) is 9.85. The number of aryl methyl sites for hydroxylation is 1. The molecule has 0 saturated carbocycles. The van der Waals surface area contributed by atoms with E-state index in [1.165, 1.54) is 23.5 Å². The summed E-state index contributed by atoms with van der Waals surface area (Å²) in [6, 6.07) is 10.2. The lowest BCUT2D eigenvalue weighted by atomic mass is 10.2. The molecule has 1 heterocycles. The Balaban J connectivity index is 1.73. The highest BCUT2D eigenvalue weighted by molar-refractivity contribution is 7.99. The van der Waals surface area contributed by atoms with Crippen LogP contribution in [-0.2, 0) is 4.79 Å². The van der Waals surface area contributed by atoms with Crippen LogP contribution >= 0.6 is 34.7 Å². The molecule has 0 N–H and O–H groups in total. The van der Waals surface area contributed by atoms with Gasteiger partial charge in [-0.1, -0.05) is 22.9 Å². The molecule has 30 heavy (non-hydrogen) atoms. The van der Waals surface area contributed by atoms with Crippen molar-refractivity contribution >= 4 is 56.0 Å². The topological polar surface area (TPSA) is 36.4 Å². The first-order chi connectivity index (χ1) is 14.3. The number of fused-ring (bicyclic) bond motifs is 1. The van der Waals surface area contributed by atoms with Crippen molar-refractivity contribution in [2.24, 2.45) is 0 Å². The number of rotatable bonds is 9. The van der Waals surface area contributed by atoms with Crippen LogP contribution in [0.2, 0.25) is 5.02 Å². The molecule has 0 saturated heterocycles. The van der Waals surface area contributed by atoms with Crippen LogP contribution in [0.25, 0.3) is 10.2 Å². The van der Waals surface area contributed by atoms with Crippen LogP contribution in [0.15, 0.2) is 41.3 Å². The lowest BCUT2D eigenvalue weighted by molar-refractivity contribution is -0.118. The number of hydrogen-bond donors (Lipinski definition) is 0. The summed E-state index contributed by atoms with van der Waals surface area (Å²) in [5, 5.41) is 1.39. The van der Waals surface area contributed by atoms with E-state index in [4.69, 9.17) is 16.6 Å². The Morgan fingerprint density at radius 3 is 2.60 bits per heavy atom. The largest absolute Gasteiger partial charge is 0.309 e. The lowest BCUT2D eigenvalue weighted by Gasteiger charge is -2.21. The predicted molar refractivity (Wildman–Crippen MR) is 127 cm³/mol. The molecule has 4 nitrogen and oxygen atoms in total. The Kier molecular flexibility index (Phi) is 8.11. The van der Waals surface area contributed by atoms with E-state index in [0.29, 0.717) is 28.9 Å². The van der Waals surface area contributed by atoms with Crippen LogP contribution in [0, 0.1) is 12.7 Å². The van der Waals surface area contributed by atoms with E-state index < -0.39 is 0 Å². The Hall–Kier alpha value is -1.67. The van der Waals surface area contributed by atoms with Gasteiger partial charge in [0.25, 0.3) is 0 Å². The number of thioether (sulfide) groups is 1. The van der Waals surface area contributed by atoms with Crippen LogP contribution in [0.4, 0.5) is 9.52 Å². The minimum Gasteiger partial charge on any atom is -0.309 e. The smallest absolute Gasteiger partial charge is 0.229 e. The molecule has 0 aliphatic heterocycles. The van der Waals surface area contributed by atoms with Gasteiger partial charge in [-0.25, -0.2) is 9.37 Å². The second kappa shape index (κ2) is 10.6. The normalized spacial score (nSPS) is 11.4. The number of amides is 1. The van der Waals surface area contributed by atoms with Crippen molar-refractivity contribution in [3.05, 3.63) is 52.8 Å². The quantitative estimate of drug-likeness (QED) is 0.370. The maximum Gasteiger partial charge on any atom is 0.229 e. The second-order valence-electron chi connectivity index (χ2n) is 7.27. The molecule has 0 unspecified atom stereocenters. The van der Waals surface area contributed by atoms with Gasteiger partial charge in [0.05, 0.1) is 10.2 Å². The molecule has 1 amide bonds. The van der Waals surface area contributed by atoms with Crippen molar-refractivity contribution in [1.29, 1.82) is 0 Å². The van der Waals surface area contributed by atoms with E-state index in [1.807, 2.05) is 33.2 Å². The maximum atomic E-state index is 13.1. The van der Waals surface area contributed by atoms with Gasteiger partial charge >= 0.3 is 0 Å². The molecule has 0 atom stereocenters. The van der Waals surface area contributed by atoms with Crippen LogP contribution in [0.5, 0.6) is 0 Å². The molecule has 8 heteroatoms. The van der Waals surface area contributed by atoms with Crippen molar-refractivity contribution in [2.45, 2.75) is 24.7 Å². The monoisotopic (exact) mass is 465 g/mol. The third-order valence-electron chi connectivity index (χ3n) is 4.65. The maximum absolute atomic E-state index is 13.1. The Labute approximate surface area is 190 Å². The highest BCUT2D eigenvalue weighted by Crippen LogP contribution is 2.34. The number of aromatic nitrogens is 1. The molecule has 3 rings (SSSR count). The number of benzene rings is 2. The van der Waals surface area contributed by atoms with Gasteiger partial charge in [0.1, 0.15) is 5.82 Å². The first-order valence-electron chi connectivity index (χ1n) is 9.74. The number of hydrogen-bond acceptors (Lipinski definition) is 5. The molecule has 1 aromatic heterocycles. The summed E-state index contributed by atoms with van der Waals surface area (Å²) < 4.78 is 14.1. The average molecular weight is 466 g/mol. The number of nitrogens with zero attached hydrogens (tertiary/aromatic N) is 3. The van der Waals surface area contributed by atoms with Crippen molar-refractivity contribution in [1.82, 2.24) is 9.88 Å². The third-order valence-corrected chi connectivity index (χ3v) is 7.12. The van der Waals surface area contributed by atoms with E-state index >= 15 is 0 Å². The Bertz CT molecular complexity index is 1010. The first kappa shape index (κ1) is 23.0. The van der Waals surface area contributed by atoms with Crippen molar-refractivity contribution < 1.29 is 9.18 Å². The number of thiazole rings is 1. The average Bonchev–Trinajstić information content (AvgIpc) is 3.14. The van der Waals surface area contributed by atoms with E-state index in [0.717, 1.165) is 33.6 Å². The summed E-state index contributed by atoms with van der Waals surface area (Å²) >= 11 is 9.32. The van der Waals surface area contributed by atoms with Gasteiger partial charge in [0.15, 0.2) is 5.13 Å². The fraction of sp³-hybridized carbons (Fsp3) is 0.364. The summed E-state index contributed by atoms with van der Waals surface area (Å²) in [4.78, 5) is 22.7. The Morgan fingerprint density at radius 1 is 1.17 bits per heavy atom. The molecule has 0 aliphatic rings. The predicted octanol–water partition coefficient (Wildman–Crippen LogP) is 5.86. The molecule has 2 aromatic carbocycles.